The lowest BCUT2D eigenvalue weighted by Crippen LogP contribution is -2.22. The number of hydrogen-bond donors (Lipinski definition) is 1. The van der Waals surface area contributed by atoms with Gasteiger partial charge in [0.15, 0.2) is 5.78 Å². The van der Waals surface area contributed by atoms with Gasteiger partial charge in [0.05, 0.1) is 5.75 Å². The molecule has 0 fully saturated rings. The zero-order valence-corrected chi connectivity index (χ0v) is 15.0. The van der Waals surface area contributed by atoms with Crippen LogP contribution in [0.1, 0.15) is 26.3 Å². The van der Waals surface area contributed by atoms with Gasteiger partial charge in [0.2, 0.25) is 0 Å². The molecule has 1 N–H and O–H groups in total. The highest BCUT2D eigenvalue weighted by atomic mass is 32.2. The van der Waals surface area contributed by atoms with Crippen LogP contribution in [0, 0.1) is 0 Å². The molecule has 0 unspecified atom stereocenters. The lowest BCUT2D eigenvalue weighted by Gasteiger charge is -2.07. The van der Waals surface area contributed by atoms with Crippen molar-refractivity contribution in [3.63, 3.8) is 0 Å². The molecular formula is C22H19NO2S. The maximum atomic E-state index is 12.3. The van der Waals surface area contributed by atoms with Crippen LogP contribution in [0.4, 0.5) is 0 Å². The SMILES string of the molecule is O=C(CSc1cccc(C(=O)NCc2ccccc2)c1)c1ccccc1. The van der Waals surface area contributed by atoms with Crippen molar-refractivity contribution < 1.29 is 9.59 Å². The Bertz CT molecular complexity index is 879. The fraction of sp³-hybridized carbons (Fsp3) is 0.0909. The predicted molar refractivity (Wildman–Crippen MR) is 106 cm³/mol. The first kappa shape index (κ1) is 18.0. The zero-order chi connectivity index (χ0) is 18.2. The first-order valence-electron chi connectivity index (χ1n) is 8.35. The van der Waals surface area contributed by atoms with Crippen molar-refractivity contribution in [1.29, 1.82) is 0 Å². The summed E-state index contributed by atoms with van der Waals surface area (Å²) in [6.07, 6.45) is 0. The zero-order valence-electron chi connectivity index (χ0n) is 14.2. The van der Waals surface area contributed by atoms with Crippen LogP contribution in [0.3, 0.4) is 0 Å². The number of Topliss-reactive ketones (excluding diaryl/α,β-unsaturated/α-hetero) is 1. The molecule has 26 heavy (non-hydrogen) atoms. The lowest BCUT2D eigenvalue weighted by atomic mass is 10.2. The second-order valence-electron chi connectivity index (χ2n) is 5.77. The second kappa shape index (κ2) is 9.02. The number of carbonyl (C=O) groups is 2. The Labute approximate surface area is 157 Å². The van der Waals surface area contributed by atoms with Crippen LogP contribution in [0.2, 0.25) is 0 Å². The molecule has 0 radical (unpaired) electrons. The van der Waals surface area contributed by atoms with E-state index in [4.69, 9.17) is 0 Å². The summed E-state index contributed by atoms with van der Waals surface area (Å²) in [6.45, 7) is 0.490. The Hall–Kier alpha value is -2.85. The first-order valence-corrected chi connectivity index (χ1v) is 9.34. The third-order valence-corrected chi connectivity index (χ3v) is 4.85. The smallest absolute Gasteiger partial charge is 0.251 e. The van der Waals surface area contributed by atoms with Gasteiger partial charge in [-0.25, -0.2) is 0 Å². The molecule has 0 saturated heterocycles. The topological polar surface area (TPSA) is 46.2 Å². The fourth-order valence-electron chi connectivity index (χ4n) is 2.46. The van der Waals surface area contributed by atoms with Gasteiger partial charge in [-0.1, -0.05) is 66.7 Å². The minimum Gasteiger partial charge on any atom is -0.348 e. The van der Waals surface area contributed by atoms with Crippen LogP contribution in [0.25, 0.3) is 0 Å². The van der Waals surface area contributed by atoms with Gasteiger partial charge >= 0.3 is 0 Å². The molecule has 0 bridgehead atoms. The Morgan fingerprint density at radius 2 is 1.42 bits per heavy atom. The van der Waals surface area contributed by atoms with Crippen LogP contribution in [0.5, 0.6) is 0 Å². The summed E-state index contributed by atoms with van der Waals surface area (Å²) in [6, 6.07) is 26.4. The molecule has 1 amide bonds. The molecule has 0 aromatic heterocycles. The van der Waals surface area contributed by atoms with Crippen molar-refractivity contribution in [1.82, 2.24) is 5.32 Å². The van der Waals surface area contributed by atoms with Gasteiger partial charge in [0.25, 0.3) is 5.91 Å². The average Bonchev–Trinajstić information content (AvgIpc) is 2.72. The van der Waals surface area contributed by atoms with E-state index in [1.165, 1.54) is 11.8 Å². The number of ketones is 1. The molecule has 0 aliphatic carbocycles. The van der Waals surface area contributed by atoms with Gasteiger partial charge in [0, 0.05) is 22.6 Å². The van der Waals surface area contributed by atoms with Crippen molar-refractivity contribution in [3.8, 4) is 0 Å². The summed E-state index contributed by atoms with van der Waals surface area (Å²) < 4.78 is 0. The second-order valence-corrected chi connectivity index (χ2v) is 6.82. The van der Waals surface area contributed by atoms with Gasteiger partial charge in [-0.05, 0) is 23.8 Å². The minimum atomic E-state index is -0.120. The highest BCUT2D eigenvalue weighted by Gasteiger charge is 2.09. The van der Waals surface area contributed by atoms with Crippen LogP contribution in [-0.4, -0.2) is 17.4 Å². The Balaban J connectivity index is 1.57. The number of benzene rings is 3. The summed E-state index contributed by atoms with van der Waals surface area (Å²) >= 11 is 1.44. The molecule has 0 aliphatic rings. The van der Waals surface area contributed by atoms with Crippen molar-refractivity contribution in [2.45, 2.75) is 11.4 Å². The predicted octanol–water partition coefficient (Wildman–Crippen LogP) is 4.59. The molecule has 4 heteroatoms. The molecule has 3 aromatic carbocycles. The first-order chi connectivity index (χ1) is 12.7. The van der Waals surface area contributed by atoms with Crippen LogP contribution in [0.15, 0.2) is 89.8 Å². The van der Waals surface area contributed by atoms with Gasteiger partial charge in [-0.15, -0.1) is 11.8 Å². The summed E-state index contributed by atoms with van der Waals surface area (Å²) in [5.74, 6) is 0.305. The van der Waals surface area contributed by atoms with E-state index in [-0.39, 0.29) is 11.7 Å². The molecule has 3 rings (SSSR count). The van der Waals surface area contributed by atoms with E-state index >= 15 is 0 Å². The molecule has 0 saturated carbocycles. The van der Waals surface area contributed by atoms with Gasteiger partial charge < -0.3 is 5.32 Å². The standard InChI is InChI=1S/C22H19NO2S/c24-21(18-10-5-2-6-11-18)16-26-20-13-7-12-19(14-20)22(25)23-15-17-8-3-1-4-9-17/h1-14H,15-16H2,(H,23,25). The van der Waals surface area contributed by atoms with Crippen LogP contribution in [-0.2, 0) is 6.54 Å². The van der Waals surface area contributed by atoms with Crippen molar-refractivity contribution in [2.75, 3.05) is 5.75 Å². The third-order valence-electron chi connectivity index (χ3n) is 3.86. The Morgan fingerprint density at radius 1 is 0.769 bits per heavy atom. The number of carbonyl (C=O) groups excluding carboxylic acids is 2. The number of hydrogen-bond acceptors (Lipinski definition) is 3. The maximum Gasteiger partial charge on any atom is 0.251 e. The minimum absolute atomic E-state index is 0.0783. The Morgan fingerprint density at radius 3 is 2.15 bits per heavy atom. The maximum absolute atomic E-state index is 12.3. The molecule has 3 nitrogen and oxygen atoms in total. The summed E-state index contributed by atoms with van der Waals surface area (Å²) in [4.78, 5) is 25.4. The Kier molecular flexibility index (Phi) is 6.23. The van der Waals surface area contributed by atoms with Crippen LogP contribution < -0.4 is 5.32 Å². The highest BCUT2D eigenvalue weighted by Crippen LogP contribution is 2.20. The quantitative estimate of drug-likeness (QED) is 0.494. The van der Waals surface area contributed by atoms with E-state index in [0.717, 1.165) is 10.5 Å². The summed E-state index contributed by atoms with van der Waals surface area (Å²) in [7, 11) is 0. The molecule has 0 atom stereocenters. The van der Waals surface area contributed by atoms with Gasteiger partial charge in [0.1, 0.15) is 0 Å². The third kappa shape index (κ3) is 5.07. The summed E-state index contributed by atoms with van der Waals surface area (Å²) in [5.41, 5.74) is 2.36. The number of rotatable bonds is 7. The number of thioether (sulfide) groups is 1. The largest absolute Gasteiger partial charge is 0.348 e. The molecule has 130 valence electrons. The van der Waals surface area contributed by atoms with E-state index < -0.39 is 0 Å². The lowest BCUT2D eigenvalue weighted by molar-refractivity contribution is 0.0950. The van der Waals surface area contributed by atoms with Crippen LogP contribution >= 0.6 is 11.8 Å². The van der Waals surface area contributed by atoms with Gasteiger partial charge in [-0.3, -0.25) is 9.59 Å². The molecular weight excluding hydrogens is 342 g/mol. The molecule has 0 heterocycles. The monoisotopic (exact) mass is 361 g/mol. The molecule has 0 aliphatic heterocycles. The fourth-order valence-corrected chi connectivity index (χ4v) is 3.31. The number of nitrogens with one attached hydrogen (secondary N) is 1. The van der Waals surface area contributed by atoms with E-state index in [2.05, 4.69) is 5.32 Å². The molecule has 0 spiro atoms. The van der Waals surface area contributed by atoms with Crippen molar-refractivity contribution >= 4 is 23.5 Å². The van der Waals surface area contributed by atoms with Crippen molar-refractivity contribution in [2.24, 2.45) is 0 Å². The average molecular weight is 361 g/mol. The van der Waals surface area contributed by atoms with E-state index in [1.54, 1.807) is 6.07 Å². The summed E-state index contributed by atoms with van der Waals surface area (Å²) in [5, 5.41) is 2.92. The van der Waals surface area contributed by atoms with E-state index in [0.29, 0.717) is 23.4 Å². The highest BCUT2D eigenvalue weighted by molar-refractivity contribution is 8.00. The van der Waals surface area contributed by atoms with Gasteiger partial charge in [-0.2, -0.15) is 0 Å². The van der Waals surface area contributed by atoms with E-state index in [9.17, 15) is 9.59 Å². The molecule has 3 aromatic rings. The normalized spacial score (nSPS) is 10.3. The number of amides is 1. The van der Waals surface area contributed by atoms with E-state index in [1.807, 2.05) is 78.9 Å². The van der Waals surface area contributed by atoms with Crippen molar-refractivity contribution in [3.05, 3.63) is 102 Å².